The van der Waals surface area contributed by atoms with Gasteiger partial charge in [-0.15, -0.1) is 0 Å². The van der Waals surface area contributed by atoms with Crippen LogP contribution in [0.4, 0.5) is 5.69 Å². The van der Waals surface area contributed by atoms with Gasteiger partial charge in [-0.3, -0.25) is 4.90 Å². The number of piperazine rings is 1. The molecule has 2 saturated carbocycles. The molecule has 0 radical (unpaired) electrons. The fourth-order valence-corrected chi connectivity index (χ4v) is 4.94. The first-order valence-electron chi connectivity index (χ1n) is 8.15. The third-order valence-electron chi connectivity index (χ3n) is 5.75. The first kappa shape index (κ1) is 14.2. The van der Waals surface area contributed by atoms with Gasteiger partial charge in [-0.2, -0.15) is 0 Å². The highest BCUT2D eigenvalue weighted by molar-refractivity contribution is 6.42. The van der Waals surface area contributed by atoms with Crippen molar-refractivity contribution in [3.8, 4) is 0 Å². The summed E-state index contributed by atoms with van der Waals surface area (Å²) in [7, 11) is 0. The summed E-state index contributed by atoms with van der Waals surface area (Å²) in [6, 6.07) is 6.86. The third-order valence-corrected chi connectivity index (χ3v) is 6.49. The Morgan fingerprint density at radius 1 is 0.905 bits per heavy atom. The molecular weight excluding hydrogens is 303 g/mol. The van der Waals surface area contributed by atoms with Crippen LogP contribution >= 0.6 is 23.2 Å². The molecule has 114 valence electrons. The number of halogens is 2. The summed E-state index contributed by atoms with van der Waals surface area (Å²) in [5.41, 5.74) is 1.21. The summed E-state index contributed by atoms with van der Waals surface area (Å²) in [6.07, 6.45) is 5.92. The van der Waals surface area contributed by atoms with Gasteiger partial charge in [0.25, 0.3) is 0 Å². The van der Waals surface area contributed by atoms with Crippen LogP contribution in [0.1, 0.15) is 25.7 Å². The summed E-state index contributed by atoms with van der Waals surface area (Å²) in [4.78, 5) is 5.18. The van der Waals surface area contributed by atoms with Crippen molar-refractivity contribution in [1.82, 2.24) is 4.90 Å². The quantitative estimate of drug-likeness (QED) is 0.800. The largest absolute Gasteiger partial charge is 0.369 e. The van der Waals surface area contributed by atoms with Gasteiger partial charge >= 0.3 is 0 Å². The van der Waals surface area contributed by atoms with Crippen LogP contribution in [0.3, 0.4) is 0 Å². The average molecular weight is 325 g/mol. The maximum absolute atomic E-state index is 6.14. The van der Waals surface area contributed by atoms with Crippen LogP contribution in [-0.4, -0.2) is 37.1 Å². The predicted octanol–water partition coefficient (Wildman–Crippen LogP) is 4.30. The van der Waals surface area contributed by atoms with Crippen molar-refractivity contribution in [2.24, 2.45) is 11.8 Å². The summed E-state index contributed by atoms with van der Waals surface area (Å²) < 4.78 is 0. The number of hydrogen-bond donors (Lipinski definition) is 0. The summed E-state index contributed by atoms with van der Waals surface area (Å²) in [5, 5.41) is 1.30. The molecule has 1 aliphatic heterocycles. The fourth-order valence-electron chi connectivity index (χ4n) is 4.65. The minimum absolute atomic E-state index is 0.640. The van der Waals surface area contributed by atoms with Crippen LogP contribution < -0.4 is 4.90 Å². The number of hydrogen-bond acceptors (Lipinski definition) is 2. The molecule has 4 heteroatoms. The van der Waals surface area contributed by atoms with E-state index < -0.39 is 0 Å². The zero-order valence-corrected chi connectivity index (χ0v) is 13.8. The monoisotopic (exact) mass is 324 g/mol. The number of nitrogens with zero attached hydrogens (tertiary/aromatic N) is 2. The minimum atomic E-state index is 0.640. The molecule has 21 heavy (non-hydrogen) atoms. The van der Waals surface area contributed by atoms with Crippen LogP contribution in [0.15, 0.2) is 18.2 Å². The highest BCUT2D eigenvalue weighted by atomic mass is 35.5. The molecule has 2 aliphatic carbocycles. The summed E-state index contributed by atoms with van der Waals surface area (Å²) in [6.45, 7) is 4.58. The molecule has 3 fully saturated rings. The van der Waals surface area contributed by atoms with Crippen molar-refractivity contribution in [3.05, 3.63) is 28.2 Å². The molecule has 0 amide bonds. The van der Waals surface area contributed by atoms with E-state index in [1.54, 1.807) is 0 Å². The Morgan fingerprint density at radius 2 is 1.71 bits per heavy atom. The van der Waals surface area contributed by atoms with Crippen molar-refractivity contribution in [2.45, 2.75) is 31.7 Å². The van der Waals surface area contributed by atoms with Crippen molar-refractivity contribution >= 4 is 28.9 Å². The third kappa shape index (κ3) is 2.67. The van der Waals surface area contributed by atoms with Gasteiger partial charge in [0.1, 0.15) is 0 Å². The molecule has 0 unspecified atom stereocenters. The van der Waals surface area contributed by atoms with Gasteiger partial charge in [0.2, 0.25) is 0 Å². The van der Waals surface area contributed by atoms with Crippen molar-refractivity contribution in [2.75, 3.05) is 31.1 Å². The second kappa shape index (κ2) is 5.64. The maximum Gasteiger partial charge on any atom is 0.0612 e. The van der Waals surface area contributed by atoms with Crippen LogP contribution in [0.2, 0.25) is 10.0 Å². The molecule has 1 saturated heterocycles. The van der Waals surface area contributed by atoms with Crippen molar-refractivity contribution in [1.29, 1.82) is 0 Å². The van der Waals surface area contributed by atoms with Gasteiger partial charge in [0.15, 0.2) is 0 Å². The van der Waals surface area contributed by atoms with Gasteiger partial charge in [-0.25, -0.2) is 0 Å². The number of anilines is 1. The van der Waals surface area contributed by atoms with E-state index in [4.69, 9.17) is 23.2 Å². The second-order valence-electron chi connectivity index (χ2n) is 6.86. The van der Waals surface area contributed by atoms with E-state index in [1.165, 1.54) is 44.5 Å². The first-order valence-corrected chi connectivity index (χ1v) is 8.90. The summed E-state index contributed by atoms with van der Waals surface area (Å²) in [5.74, 6) is 2.03. The molecule has 0 N–H and O–H groups in total. The number of benzene rings is 1. The molecule has 1 aromatic rings. The van der Waals surface area contributed by atoms with Crippen molar-refractivity contribution < 1.29 is 0 Å². The van der Waals surface area contributed by atoms with Crippen LogP contribution in [0.25, 0.3) is 0 Å². The molecule has 2 nitrogen and oxygen atoms in total. The first-order chi connectivity index (χ1) is 10.2. The Balaban J connectivity index is 1.39. The average Bonchev–Trinajstić information content (AvgIpc) is 3.13. The highest BCUT2D eigenvalue weighted by Crippen LogP contribution is 2.46. The van der Waals surface area contributed by atoms with Crippen molar-refractivity contribution in [3.63, 3.8) is 0 Å². The van der Waals surface area contributed by atoms with E-state index in [1.807, 2.05) is 12.1 Å². The Bertz CT molecular complexity index is 526. The molecule has 1 heterocycles. The molecule has 0 spiro atoms. The molecule has 3 aliphatic rings. The lowest BCUT2D eigenvalue weighted by molar-refractivity contribution is 0.135. The standard InChI is InChI=1S/C17H22Cl2N2/c18-15-4-3-14(11-16(15)19)20-5-7-21(8-6-20)17-10-12-1-2-13(17)9-12/h3-4,11-13,17H,1-2,5-10H2/t12-,13-,17+/m0/s1. The lowest BCUT2D eigenvalue weighted by Gasteiger charge is -2.41. The fraction of sp³-hybridized carbons (Fsp3) is 0.647. The zero-order valence-electron chi connectivity index (χ0n) is 12.3. The van der Waals surface area contributed by atoms with E-state index in [9.17, 15) is 0 Å². The topological polar surface area (TPSA) is 6.48 Å². The summed E-state index contributed by atoms with van der Waals surface area (Å²) >= 11 is 12.1. The van der Waals surface area contributed by atoms with E-state index in [0.29, 0.717) is 10.0 Å². The number of fused-ring (bicyclic) bond motifs is 2. The molecule has 2 bridgehead atoms. The molecular formula is C17H22Cl2N2. The van der Waals surface area contributed by atoms with E-state index in [0.717, 1.165) is 31.0 Å². The lowest BCUT2D eigenvalue weighted by atomic mass is 9.93. The smallest absolute Gasteiger partial charge is 0.0612 e. The molecule has 3 atom stereocenters. The molecule has 4 rings (SSSR count). The zero-order chi connectivity index (χ0) is 14.4. The highest BCUT2D eigenvalue weighted by Gasteiger charge is 2.42. The van der Waals surface area contributed by atoms with Gasteiger partial charge in [0.05, 0.1) is 10.0 Å². The van der Waals surface area contributed by atoms with E-state index in [2.05, 4.69) is 15.9 Å². The van der Waals surface area contributed by atoms with Gasteiger partial charge < -0.3 is 4.90 Å². The minimum Gasteiger partial charge on any atom is -0.369 e. The normalized spacial score (nSPS) is 32.9. The Kier molecular flexibility index (Phi) is 3.81. The lowest BCUT2D eigenvalue weighted by Crippen LogP contribution is -2.51. The van der Waals surface area contributed by atoms with Gasteiger partial charge in [-0.1, -0.05) is 29.6 Å². The Labute approximate surface area is 137 Å². The van der Waals surface area contributed by atoms with Crippen LogP contribution in [0, 0.1) is 11.8 Å². The van der Waals surface area contributed by atoms with Crippen LogP contribution in [-0.2, 0) is 0 Å². The SMILES string of the molecule is Clc1ccc(N2CCN([C@@H]3C[C@H]4CC[C@H]3C4)CC2)cc1Cl. The predicted molar refractivity (Wildman–Crippen MR) is 89.5 cm³/mol. The Hall–Kier alpha value is -0.440. The van der Waals surface area contributed by atoms with E-state index >= 15 is 0 Å². The van der Waals surface area contributed by atoms with E-state index in [-0.39, 0.29) is 0 Å². The molecule has 0 aromatic heterocycles. The Morgan fingerprint density at radius 3 is 2.33 bits per heavy atom. The van der Waals surface area contributed by atoms with Gasteiger partial charge in [0, 0.05) is 37.9 Å². The second-order valence-corrected chi connectivity index (χ2v) is 7.68. The maximum atomic E-state index is 6.14. The van der Waals surface area contributed by atoms with Crippen LogP contribution in [0.5, 0.6) is 0 Å². The molecule has 1 aromatic carbocycles. The number of rotatable bonds is 2. The van der Waals surface area contributed by atoms with Gasteiger partial charge in [-0.05, 0) is 49.3 Å².